The summed E-state index contributed by atoms with van der Waals surface area (Å²) in [5, 5.41) is 0. The highest BCUT2D eigenvalue weighted by atomic mass is 19.1. The Balaban J connectivity index is 1.70. The van der Waals surface area contributed by atoms with E-state index in [9.17, 15) is 14.0 Å². The van der Waals surface area contributed by atoms with E-state index in [4.69, 9.17) is 0 Å². The molecule has 2 aliphatic rings. The van der Waals surface area contributed by atoms with E-state index in [0.717, 1.165) is 24.8 Å². The number of hydrogen-bond donors (Lipinski definition) is 2. The number of benzene rings is 1. The van der Waals surface area contributed by atoms with Gasteiger partial charge in [-0.25, -0.2) is 4.39 Å². The highest BCUT2D eigenvalue weighted by Crippen LogP contribution is 2.65. The number of amides is 2. The second-order valence-electron chi connectivity index (χ2n) is 7.11. The smallest absolute Gasteiger partial charge is 0.272 e. The summed E-state index contributed by atoms with van der Waals surface area (Å²) < 4.78 is 13.6. The van der Waals surface area contributed by atoms with Crippen LogP contribution in [0.1, 0.15) is 43.5 Å². The minimum Gasteiger partial charge on any atom is -0.272 e. The van der Waals surface area contributed by atoms with Crippen molar-refractivity contribution in [3.05, 3.63) is 47.8 Å². The predicted octanol–water partition coefficient (Wildman–Crippen LogP) is 2.97. The molecule has 0 spiro atoms. The predicted molar refractivity (Wildman–Crippen MR) is 84.7 cm³/mol. The van der Waals surface area contributed by atoms with E-state index in [0.29, 0.717) is 5.92 Å². The van der Waals surface area contributed by atoms with Crippen LogP contribution in [0.25, 0.3) is 0 Å². The number of halogens is 1. The summed E-state index contributed by atoms with van der Waals surface area (Å²) >= 11 is 0. The standard InChI is InChI=1S/C18H21FN2O2/c1-11-17(2,3)12-8-9-18(11,10-12)16(23)21-20-15(22)13-6-4-5-7-14(13)19/h4-7,12H,1,8-10H2,2-3H3,(H,20,22)(H,21,23)/t12-,18+/m1/s1. The molecule has 2 bridgehead atoms. The van der Waals surface area contributed by atoms with Crippen molar-refractivity contribution < 1.29 is 14.0 Å². The molecule has 2 fully saturated rings. The Morgan fingerprint density at radius 3 is 2.57 bits per heavy atom. The molecule has 0 aliphatic heterocycles. The van der Waals surface area contributed by atoms with Gasteiger partial charge in [0.05, 0.1) is 11.0 Å². The van der Waals surface area contributed by atoms with Gasteiger partial charge in [0.15, 0.2) is 0 Å². The number of carbonyl (C=O) groups is 2. The fraction of sp³-hybridized carbons (Fsp3) is 0.444. The summed E-state index contributed by atoms with van der Waals surface area (Å²) in [5.74, 6) is -1.08. The second kappa shape index (κ2) is 5.18. The number of hydrogen-bond acceptors (Lipinski definition) is 2. The summed E-state index contributed by atoms with van der Waals surface area (Å²) in [5.41, 5.74) is 4.95. The molecular weight excluding hydrogens is 295 g/mol. The van der Waals surface area contributed by atoms with Crippen LogP contribution in [0.15, 0.2) is 36.4 Å². The largest absolute Gasteiger partial charge is 0.272 e. The van der Waals surface area contributed by atoms with E-state index in [1.807, 2.05) is 0 Å². The highest BCUT2D eigenvalue weighted by molar-refractivity contribution is 5.96. The molecule has 1 aromatic rings. The molecule has 0 heterocycles. The van der Waals surface area contributed by atoms with E-state index in [1.54, 1.807) is 6.07 Å². The number of fused-ring (bicyclic) bond motifs is 2. The van der Waals surface area contributed by atoms with Gasteiger partial charge in [-0.15, -0.1) is 0 Å². The monoisotopic (exact) mass is 316 g/mol. The van der Waals surface area contributed by atoms with Gasteiger partial charge in [0.25, 0.3) is 5.91 Å². The molecule has 0 unspecified atom stereocenters. The molecule has 23 heavy (non-hydrogen) atoms. The zero-order chi connectivity index (χ0) is 16.8. The van der Waals surface area contributed by atoms with Gasteiger partial charge in [0, 0.05) is 0 Å². The fourth-order valence-corrected chi connectivity index (χ4v) is 4.09. The van der Waals surface area contributed by atoms with Crippen LogP contribution in [-0.2, 0) is 4.79 Å². The van der Waals surface area contributed by atoms with Crippen molar-refractivity contribution in [1.82, 2.24) is 10.9 Å². The molecular formula is C18H21FN2O2. The number of rotatable bonds is 2. The topological polar surface area (TPSA) is 58.2 Å². The molecule has 3 rings (SSSR count). The zero-order valence-electron chi connectivity index (χ0n) is 13.4. The highest BCUT2D eigenvalue weighted by Gasteiger charge is 2.60. The maximum absolute atomic E-state index is 13.6. The van der Waals surface area contributed by atoms with Crippen LogP contribution < -0.4 is 10.9 Å². The first-order chi connectivity index (χ1) is 10.8. The third-order valence-electron chi connectivity index (χ3n) is 5.73. The SMILES string of the molecule is C=C1C(C)(C)[C@@H]2CC[C@]1(C(=O)NNC(=O)c1ccccc1F)C2. The average Bonchev–Trinajstić information content (AvgIpc) is 3.05. The lowest BCUT2D eigenvalue weighted by Gasteiger charge is -2.37. The van der Waals surface area contributed by atoms with Crippen LogP contribution in [0.5, 0.6) is 0 Å². The fourth-order valence-electron chi connectivity index (χ4n) is 4.09. The van der Waals surface area contributed by atoms with Crippen LogP contribution >= 0.6 is 0 Å². The molecule has 2 aliphatic carbocycles. The van der Waals surface area contributed by atoms with Crippen molar-refractivity contribution in [1.29, 1.82) is 0 Å². The molecule has 4 nitrogen and oxygen atoms in total. The van der Waals surface area contributed by atoms with Crippen molar-refractivity contribution >= 4 is 11.8 Å². The maximum Gasteiger partial charge on any atom is 0.272 e. The zero-order valence-corrected chi connectivity index (χ0v) is 13.4. The Bertz CT molecular complexity index is 698. The van der Waals surface area contributed by atoms with Gasteiger partial charge < -0.3 is 0 Å². The van der Waals surface area contributed by atoms with Gasteiger partial charge in [0.1, 0.15) is 5.82 Å². The van der Waals surface area contributed by atoms with E-state index >= 15 is 0 Å². The first-order valence-electron chi connectivity index (χ1n) is 7.84. The molecule has 0 aromatic heterocycles. The Morgan fingerprint density at radius 1 is 1.26 bits per heavy atom. The van der Waals surface area contributed by atoms with E-state index in [1.165, 1.54) is 18.2 Å². The van der Waals surface area contributed by atoms with Gasteiger partial charge in [-0.1, -0.05) is 38.1 Å². The summed E-state index contributed by atoms with van der Waals surface area (Å²) in [6.45, 7) is 8.38. The van der Waals surface area contributed by atoms with Crippen molar-refractivity contribution in [2.75, 3.05) is 0 Å². The molecule has 0 saturated heterocycles. The van der Waals surface area contributed by atoms with Crippen LogP contribution in [0.4, 0.5) is 4.39 Å². The van der Waals surface area contributed by atoms with Gasteiger partial charge in [-0.05, 0) is 42.7 Å². The first kappa shape index (κ1) is 15.7. The molecule has 2 saturated carbocycles. The second-order valence-corrected chi connectivity index (χ2v) is 7.11. The van der Waals surface area contributed by atoms with Crippen LogP contribution in [0, 0.1) is 22.6 Å². The summed E-state index contributed by atoms with van der Waals surface area (Å²) in [6.07, 6.45) is 2.50. The Labute approximate surface area is 135 Å². The minimum absolute atomic E-state index is 0.0643. The lowest BCUT2D eigenvalue weighted by molar-refractivity contribution is -0.129. The Morgan fingerprint density at radius 2 is 1.96 bits per heavy atom. The average molecular weight is 316 g/mol. The van der Waals surface area contributed by atoms with Crippen molar-refractivity contribution in [2.24, 2.45) is 16.7 Å². The summed E-state index contributed by atoms with van der Waals surface area (Å²) in [7, 11) is 0. The van der Waals surface area contributed by atoms with Gasteiger partial charge in [0.2, 0.25) is 5.91 Å². The van der Waals surface area contributed by atoms with Crippen LogP contribution in [0.3, 0.4) is 0 Å². The quantitative estimate of drug-likeness (QED) is 0.651. The molecule has 5 heteroatoms. The molecule has 1 aromatic carbocycles. The van der Waals surface area contributed by atoms with E-state index < -0.39 is 17.1 Å². The number of carbonyl (C=O) groups excluding carboxylic acids is 2. The molecule has 2 N–H and O–H groups in total. The van der Waals surface area contributed by atoms with Crippen molar-refractivity contribution in [2.45, 2.75) is 33.1 Å². The third-order valence-corrected chi connectivity index (χ3v) is 5.73. The summed E-state index contributed by atoms with van der Waals surface area (Å²) in [6, 6.07) is 5.66. The maximum atomic E-state index is 13.6. The molecule has 2 amide bonds. The third kappa shape index (κ3) is 2.26. The van der Waals surface area contributed by atoms with Crippen LogP contribution in [-0.4, -0.2) is 11.8 Å². The van der Waals surface area contributed by atoms with E-state index in [-0.39, 0.29) is 16.9 Å². The normalized spacial score (nSPS) is 27.8. The summed E-state index contributed by atoms with van der Waals surface area (Å²) in [4.78, 5) is 24.7. The van der Waals surface area contributed by atoms with Gasteiger partial charge >= 0.3 is 0 Å². The van der Waals surface area contributed by atoms with Crippen LogP contribution in [0.2, 0.25) is 0 Å². The number of hydrazine groups is 1. The minimum atomic E-state index is -0.662. The first-order valence-corrected chi connectivity index (χ1v) is 7.84. The molecule has 0 radical (unpaired) electrons. The number of nitrogens with one attached hydrogen (secondary N) is 2. The van der Waals surface area contributed by atoms with Crippen molar-refractivity contribution in [3.63, 3.8) is 0 Å². The van der Waals surface area contributed by atoms with Gasteiger partial charge in [-0.2, -0.15) is 0 Å². The lowest BCUT2D eigenvalue weighted by atomic mass is 9.68. The van der Waals surface area contributed by atoms with Gasteiger partial charge in [-0.3, -0.25) is 20.4 Å². The Kier molecular flexibility index (Phi) is 3.54. The molecule has 2 atom stereocenters. The van der Waals surface area contributed by atoms with Crippen molar-refractivity contribution in [3.8, 4) is 0 Å². The lowest BCUT2D eigenvalue weighted by Crippen LogP contribution is -2.49. The Hall–Kier alpha value is -2.17. The van der Waals surface area contributed by atoms with E-state index in [2.05, 4.69) is 31.3 Å². The molecule has 122 valence electrons.